The molecule has 0 saturated heterocycles. The average Bonchev–Trinajstić information content (AvgIpc) is 2.65. The van der Waals surface area contributed by atoms with Gasteiger partial charge in [0.05, 0.1) is 0 Å². The van der Waals surface area contributed by atoms with Gasteiger partial charge in [-0.25, -0.2) is 4.98 Å². The minimum Gasteiger partial charge on any atom is -0.458 e. The summed E-state index contributed by atoms with van der Waals surface area (Å²) in [5.41, 5.74) is 0.680. The molecular weight excluding hydrogens is 202 g/mol. The van der Waals surface area contributed by atoms with Crippen LogP contribution < -0.4 is 4.74 Å². The fourth-order valence-electron chi connectivity index (χ4n) is 1.32. The Kier molecular flexibility index (Phi) is 2.69. The second-order valence-corrected chi connectivity index (χ2v) is 4.56. The van der Waals surface area contributed by atoms with E-state index in [0.29, 0.717) is 11.8 Å². The maximum atomic E-state index is 5.57. The monoisotopic (exact) mass is 217 g/mol. The summed E-state index contributed by atoms with van der Waals surface area (Å²) in [6.45, 7) is 5.91. The lowest BCUT2D eigenvalue weighted by atomic mass is 10.2. The van der Waals surface area contributed by atoms with Gasteiger partial charge in [0.1, 0.15) is 11.8 Å². The van der Waals surface area contributed by atoms with E-state index in [1.165, 1.54) is 0 Å². The first kappa shape index (κ1) is 10.7. The van der Waals surface area contributed by atoms with E-state index in [2.05, 4.69) is 4.98 Å². The Morgan fingerprint density at radius 1 is 1.12 bits per heavy atom. The van der Waals surface area contributed by atoms with E-state index in [0.717, 1.165) is 5.56 Å². The zero-order valence-corrected chi connectivity index (χ0v) is 9.73. The van der Waals surface area contributed by atoms with Crippen LogP contribution in [0, 0.1) is 0 Å². The second-order valence-electron chi connectivity index (χ2n) is 4.56. The van der Waals surface area contributed by atoms with E-state index in [1.807, 2.05) is 51.1 Å². The van der Waals surface area contributed by atoms with Crippen molar-refractivity contribution in [1.29, 1.82) is 0 Å². The van der Waals surface area contributed by atoms with Crippen LogP contribution in [0.1, 0.15) is 20.8 Å². The first-order valence-corrected chi connectivity index (χ1v) is 5.25. The quantitative estimate of drug-likeness (QED) is 0.772. The fraction of sp³-hybridized carbons (Fsp3) is 0.308. The van der Waals surface area contributed by atoms with Crippen LogP contribution in [0.2, 0.25) is 0 Å². The van der Waals surface area contributed by atoms with E-state index in [-0.39, 0.29) is 5.60 Å². The molecule has 1 aromatic carbocycles. The maximum absolute atomic E-state index is 5.57. The molecule has 0 saturated carbocycles. The zero-order valence-electron chi connectivity index (χ0n) is 9.73. The molecule has 0 N–H and O–H groups in total. The molecule has 84 valence electrons. The van der Waals surface area contributed by atoms with Crippen LogP contribution in [0.15, 0.2) is 40.9 Å². The molecule has 0 atom stereocenters. The standard InChI is InChI=1S/C13H15NO2/c1-13(2,3)16-11-9-14-12(15-11)10-7-5-4-6-8-10/h4-9H,1-3H3. The van der Waals surface area contributed by atoms with Crippen LogP contribution in [0.3, 0.4) is 0 Å². The summed E-state index contributed by atoms with van der Waals surface area (Å²) >= 11 is 0. The summed E-state index contributed by atoms with van der Waals surface area (Å²) in [6.07, 6.45) is 1.60. The van der Waals surface area contributed by atoms with Crippen LogP contribution >= 0.6 is 0 Å². The fourth-order valence-corrected chi connectivity index (χ4v) is 1.32. The number of benzene rings is 1. The number of aromatic nitrogens is 1. The Balaban J connectivity index is 2.21. The van der Waals surface area contributed by atoms with Crippen molar-refractivity contribution in [1.82, 2.24) is 4.98 Å². The molecule has 0 spiro atoms. The Bertz CT molecular complexity index is 454. The largest absolute Gasteiger partial charge is 0.458 e. The molecule has 2 aromatic rings. The van der Waals surface area contributed by atoms with Crippen molar-refractivity contribution in [2.75, 3.05) is 0 Å². The Morgan fingerprint density at radius 3 is 2.44 bits per heavy atom. The van der Waals surface area contributed by atoms with Crippen LogP contribution in [-0.2, 0) is 0 Å². The first-order valence-electron chi connectivity index (χ1n) is 5.25. The highest BCUT2D eigenvalue weighted by atomic mass is 16.6. The molecule has 0 unspecified atom stereocenters. The summed E-state index contributed by atoms with van der Waals surface area (Å²) in [5.74, 6) is 1.03. The van der Waals surface area contributed by atoms with Crippen molar-refractivity contribution in [3.8, 4) is 17.4 Å². The molecule has 16 heavy (non-hydrogen) atoms. The van der Waals surface area contributed by atoms with E-state index in [4.69, 9.17) is 9.15 Å². The molecule has 0 aliphatic heterocycles. The lowest BCUT2D eigenvalue weighted by Gasteiger charge is -2.17. The minimum absolute atomic E-state index is 0.270. The number of oxazole rings is 1. The molecule has 3 nitrogen and oxygen atoms in total. The molecule has 0 amide bonds. The van der Waals surface area contributed by atoms with Crippen molar-refractivity contribution in [2.45, 2.75) is 26.4 Å². The van der Waals surface area contributed by atoms with Crippen LogP contribution in [0.4, 0.5) is 0 Å². The Morgan fingerprint density at radius 2 is 1.81 bits per heavy atom. The zero-order chi connectivity index (χ0) is 11.6. The smallest absolute Gasteiger partial charge is 0.305 e. The number of hydrogen-bond acceptors (Lipinski definition) is 3. The molecular formula is C13H15NO2. The van der Waals surface area contributed by atoms with Gasteiger partial charge < -0.3 is 9.15 Å². The van der Waals surface area contributed by atoms with E-state index in [1.54, 1.807) is 6.20 Å². The van der Waals surface area contributed by atoms with Crippen LogP contribution in [0.25, 0.3) is 11.5 Å². The molecule has 3 heteroatoms. The summed E-state index contributed by atoms with van der Waals surface area (Å²) in [6, 6.07) is 9.76. The molecule has 1 aromatic heterocycles. The summed E-state index contributed by atoms with van der Waals surface area (Å²) < 4.78 is 11.1. The Labute approximate surface area is 95.1 Å². The number of nitrogens with zero attached hydrogens (tertiary/aromatic N) is 1. The third-order valence-corrected chi connectivity index (χ3v) is 1.91. The average molecular weight is 217 g/mol. The number of hydrogen-bond donors (Lipinski definition) is 0. The number of rotatable bonds is 2. The summed E-state index contributed by atoms with van der Waals surface area (Å²) in [4.78, 5) is 4.18. The SMILES string of the molecule is CC(C)(C)Oc1cnc(-c2ccccc2)o1. The highest BCUT2D eigenvalue weighted by Crippen LogP contribution is 2.25. The third kappa shape index (κ3) is 2.63. The Hall–Kier alpha value is -1.77. The predicted octanol–water partition coefficient (Wildman–Crippen LogP) is 3.52. The van der Waals surface area contributed by atoms with Crippen molar-refractivity contribution in [2.24, 2.45) is 0 Å². The highest BCUT2D eigenvalue weighted by Gasteiger charge is 2.15. The summed E-state index contributed by atoms with van der Waals surface area (Å²) in [5, 5.41) is 0. The lowest BCUT2D eigenvalue weighted by molar-refractivity contribution is 0.0962. The molecule has 2 rings (SSSR count). The first-order chi connectivity index (χ1) is 7.54. The minimum atomic E-state index is -0.270. The van der Waals surface area contributed by atoms with Crippen LogP contribution in [0.5, 0.6) is 5.95 Å². The normalized spacial score (nSPS) is 11.4. The van der Waals surface area contributed by atoms with Crippen molar-refractivity contribution < 1.29 is 9.15 Å². The van der Waals surface area contributed by atoms with Gasteiger partial charge in [0.2, 0.25) is 5.89 Å². The molecule has 0 radical (unpaired) electrons. The van der Waals surface area contributed by atoms with Gasteiger partial charge in [0.15, 0.2) is 0 Å². The molecule has 1 heterocycles. The van der Waals surface area contributed by atoms with Crippen molar-refractivity contribution in [3.63, 3.8) is 0 Å². The maximum Gasteiger partial charge on any atom is 0.305 e. The predicted molar refractivity (Wildman–Crippen MR) is 62.3 cm³/mol. The van der Waals surface area contributed by atoms with Gasteiger partial charge in [-0.2, -0.15) is 0 Å². The lowest BCUT2D eigenvalue weighted by Crippen LogP contribution is -2.22. The highest BCUT2D eigenvalue weighted by molar-refractivity contribution is 5.52. The van der Waals surface area contributed by atoms with Gasteiger partial charge >= 0.3 is 5.95 Å². The summed E-state index contributed by atoms with van der Waals surface area (Å²) in [7, 11) is 0. The topological polar surface area (TPSA) is 35.3 Å². The van der Waals surface area contributed by atoms with Gasteiger partial charge in [0, 0.05) is 5.56 Å². The van der Waals surface area contributed by atoms with Gasteiger partial charge in [-0.1, -0.05) is 18.2 Å². The van der Waals surface area contributed by atoms with Gasteiger partial charge in [-0.15, -0.1) is 0 Å². The van der Waals surface area contributed by atoms with Crippen LogP contribution in [-0.4, -0.2) is 10.6 Å². The van der Waals surface area contributed by atoms with Crippen molar-refractivity contribution in [3.05, 3.63) is 36.5 Å². The molecule has 0 aliphatic carbocycles. The molecule has 0 bridgehead atoms. The van der Waals surface area contributed by atoms with Gasteiger partial charge in [-0.3, -0.25) is 0 Å². The van der Waals surface area contributed by atoms with E-state index >= 15 is 0 Å². The molecule has 0 aliphatic rings. The molecule has 0 fully saturated rings. The van der Waals surface area contributed by atoms with E-state index < -0.39 is 0 Å². The number of ether oxygens (including phenoxy) is 1. The second kappa shape index (κ2) is 4.00. The van der Waals surface area contributed by atoms with Gasteiger partial charge in [-0.05, 0) is 32.9 Å². The van der Waals surface area contributed by atoms with Gasteiger partial charge in [0.25, 0.3) is 0 Å². The van der Waals surface area contributed by atoms with Crippen molar-refractivity contribution >= 4 is 0 Å². The van der Waals surface area contributed by atoms with E-state index in [9.17, 15) is 0 Å². The third-order valence-electron chi connectivity index (χ3n) is 1.91.